The van der Waals surface area contributed by atoms with Gasteiger partial charge in [0.05, 0.1) is 5.69 Å². The lowest BCUT2D eigenvalue weighted by Gasteiger charge is -2.09. The first-order valence-electron chi connectivity index (χ1n) is 5.90. The smallest absolute Gasteiger partial charge is 0.0638 e. The molecule has 0 aliphatic carbocycles. The minimum atomic E-state index is 0.439. The zero-order valence-corrected chi connectivity index (χ0v) is 11.1. The Morgan fingerprint density at radius 2 is 2.12 bits per heavy atom. The summed E-state index contributed by atoms with van der Waals surface area (Å²) in [6.07, 6.45) is 2.14. The Hall–Kier alpha value is -0.870. The van der Waals surface area contributed by atoms with E-state index in [0.29, 0.717) is 6.04 Å². The van der Waals surface area contributed by atoms with Crippen LogP contribution in [0.3, 0.4) is 0 Å². The van der Waals surface area contributed by atoms with Crippen LogP contribution in [0.2, 0.25) is 0 Å². The summed E-state index contributed by atoms with van der Waals surface area (Å²) in [5.41, 5.74) is 2.43. The van der Waals surface area contributed by atoms with E-state index in [-0.39, 0.29) is 0 Å². The highest BCUT2D eigenvalue weighted by Gasteiger charge is 2.06. The van der Waals surface area contributed by atoms with Crippen molar-refractivity contribution in [3.63, 3.8) is 0 Å². The van der Waals surface area contributed by atoms with E-state index in [2.05, 4.69) is 56.4 Å². The van der Waals surface area contributed by atoms with E-state index in [0.717, 1.165) is 25.3 Å². The van der Waals surface area contributed by atoms with Crippen molar-refractivity contribution in [2.75, 3.05) is 27.2 Å². The molecular weight excluding hydrogens is 200 g/mol. The van der Waals surface area contributed by atoms with Gasteiger partial charge in [0.1, 0.15) is 0 Å². The second kappa shape index (κ2) is 6.01. The van der Waals surface area contributed by atoms with E-state index in [9.17, 15) is 0 Å². The van der Waals surface area contributed by atoms with Crippen LogP contribution in [-0.4, -0.2) is 41.9 Å². The van der Waals surface area contributed by atoms with Gasteiger partial charge in [-0.25, -0.2) is 0 Å². The summed E-state index contributed by atoms with van der Waals surface area (Å²) in [6, 6.07) is 0.439. The molecule has 0 amide bonds. The maximum Gasteiger partial charge on any atom is 0.0638 e. The fourth-order valence-corrected chi connectivity index (χ4v) is 1.48. The van der Waals surface area contributed by atoms with Crippen LogP contribution in [0.15, 0.2) is 6.20 Å². The molecule has 1 rings (SSSR count). The molecule has 0 spiro atoms. The van der Waals surface area contributed by atoms with Crippen molar-refractivity contribution in [1.82, 2.24) is 20.0 Å². The fraction of sp³-hybridized carbons (Fsp3) is 0.750. The number of rotatable bonds is 6. The zero-order chi connectivity index (χ0) is 12.1. The molecule has 1 aromatic heterocycles. The van der Waals surface area contributed by atoms with Crippen LogP contribution in [-0.2, 0) is 6.54 Å². The third-order valence-electron chi connectivity index (χ3n) is 2.60. The van der Waals surface area contributed by atoms with E-state index in [1.807, 2.05) is 4.68 Å². The van der Waals surface area contributed by atoms with Crippen LogP contribution in [0, 0.1) is 6.92 Å². The van der Waals surface area contributed by atoms with Crippen molar-refractivity contribution >= 4 is 0 Å². The van der Waals surface area contributed by atoms with E-state index in [1.54, 1.807) is 0 Å². The van der Waals surface area contributed by atoms with Gasteiger partial charge in [-0.1, -0.05) is 0 Å². The Bertz CT molecular complexity index is 315. The molecule has 0 saturated heterocycles. The second-order valence-electron chi connectivity index (χ2n) is 4.79. The second-order valence-corrected chi connectivity index (χ2v) is 4.79. The maximum absolute atomic E-state index is 4.49. The normalized spacial score (nSPS) is 11.7. The molecule has 0 atom stereocenters. The molecule has 0 radical (unpaired) electrons. The average molecular weight is 224 g/mol. The number of aromatic nitrogens is 2. The molecule has 1 aromatic rings. The fourth-order valence-electron chi connectivity index (χ4n) is 1.48. The van der Waals surface area contributed by atoms with Crippen LogP contribution in [0.1, 0.15) is 31.1 Å². The molecule has 92 valence electrons. The quantitative estimate of drug-likeness (QED) is 0.742. The van der Waals surface area contributed by atoms with E-state index >= 15 is 0 Å². The lowest BCUT2D eigenvalue weighted by atomic mass is 10.2. The number of likely N-dealkylation sites (N-methyl/N-ethyl adjacent to an activating group) is 1. The highest BCUT2D eigenvalue weighted by molar-refractivity contribution is 5.15. The molecule has 0 aromatic carbocycles. The zero-order valence-electron chi connectivity index (χ0n) is 11.1. The van der Waals surface area contributed by atoms with Crippen molar-refractivity contribution in [2.45, 2.75) is 33.4 Å². The van der Waals surface area contributed by atoms with Gasteiger partial charge >= 0.3 is 0 Å². The monoisotopic (exact) mass is 224 g/mol. The predicted octanol–water partition coefficient (Wildman–Crippen LogP) is 1.42. The van der Waals surface area contributed by atoms with Crippen LogP contribution < -0.4 is 5.32 Å². The minimum Gasteiger partial charge on any atom is -0.311 e. The lowest BCUT2D eigenvalue weighted by Crippen LogP contribution is -2.26. The summed E-state index contributed by atoms with van der Waals surface area (Å²) in [7, 11) is 4.17. The molecular formula is C12H24N4. The standard InChI is InChI=1S/C12H24N4/c1-10(2)16-9-12(11(3)14-16)8-13-6-7-15(4)5/h9-10,13H,6-8H2,1-5H3. The molecule has 0 bridgehead atoms. The molecule has 1 heterocycles. The molecule has 1 N–H and O–H groups in total. The van der Waals surface area contributed by atoms with Gasteiger partial charge in [0.15, 0.2) is 0 Å². The van der Waals surface area contributed by atoms with Gasteiger partial charge in [-0.15, -0.1) is 0 Å². The third-order valence-corrected chi connectivity index (χ3v) is 2.60. The van der Waals surface area contributed by atoms with Gasteiger partial charge in [0, 0.05) is 37.4 Å². The topological polar surface area (TPSA) is 33.1 Å². The first-order chi connectivity index (χ1) is 7.50. The van der Waals surface area contributed by atoms with Gasteiger partial charge in [0.25, 0.3) is 0 Å². The van der Waals surface area contributed by atoms with Gasteiger partial charge in [0.2, 0.25) is 0 Å². The largest absolute Gasteiger partial charge is 0.311 e. The molecule has 0 aliphatic heterocycles. The summed E-state index contributed by atoms with van der Waals surface area (Å²) >= 11 is 0. The summed E-state index contributed by atoms with van der Waals surface area (Å²) in [6.45, 7) is 9.36. The van der Waals surface area contributed by atoms with Crippen molar-refractivity contribution in [2.24, 2.45) is 0 Å². The highest BCUT2D eigenvalue weighted by Crippen LogP contribution is 2.09. The average Bonchev–Trinajstić information content (AvgIpc) is 2.55. The Labute approximate surface area is 98.6 Å². The number of nitrogens with one attached hydrogen (secondary N) is 1. The minimum absolute atomic E-state index is 0.439. The van der Waals surface area contributed by atoms with Crippen LogP contribution in [0.25, 0.3) is 0 Å². The summed E-state index contributed by atoms with van der Waals surface area (Å²) in [4.78, 5) is 2.18. The Morgan fingerprint density at radius 3 is 2.62 bits per heavy atom. The summed E-state index contributed by atoms with van der Waals surface area (Å²) < 4.78 is 2.03. The van der Waals surface area contributed by atoms with Gasteiger partial charge < -0.3 is 10.2 Å². The van der Waals surface area contributed by atoms with Crippen molar-refractivity contribution in [1.29, 1.82) is 0 Å². The number of hydrogen-bond donors (Lipinski definition) is 1. The summed E-state index contributed by atoms with van der Waals surface area (Å²) in [5, 5.41) is 7.92. The van der Waals surface area contributed by atoms with Crippen molar-refractivity contribution in [3.05, 3.63) is 17.5 Å². The van der Waals surface area contributed by atoms with Crippen LogP contribution in [0.4, 0.5) is 0 Å². The molecule has 0 unspecified atom stereocenters. The lowest BCUT2D eigenvalue weighted by molar-refractivity contribution is 0.400. The van der Waals surface area contributed by atoms with E-state index < -0.39 is 0 Å². The molecule has 0 aliphatic rings. The molecule has 4 heteroatoms. The Kier molecular flexibility index (Phi) is 4.96. The van der Waals surface area contributed by atoms with Gasteiger partial charge in [-0.05, 0) is 34.9 Å². The van der Waals surface area contributed by atoms with E-state index in [1.165, 1.54) is 5.56 Å². The van der Waals surface area contributed by atoms with Gasteiger partial charge in [-0.2, -0.15) is 5.10 Å². The molecule has 0 saturated carbocycles. The summed E-state index contributed by atoms with van der Waals surface area (Å²) in [5.74, 6) is 0. The molecule has 4 nitrogen and oxygen atoms in total. The number of hydrogen-bond acceptors (Lipinski definition) is 3. The number of nitrogens with zero attached hydrogens (tertiary/aromatic N) is 3. The van der Waals surface area contributed by atoms with Crippen LogP contribution >= 0.6 is 0 Å². The first-order valence-corrected chi connectivity index (χ1v) is 5.90. The molecule has 16 heavy (non-hydrogen) atoms. The predicted molar refractivity (Wildman–Crippen MR) is 67.6 cm³/mol. The Morgan fingerprint density at radius 1 is 1.44 bits per heavy atom. The van der Waals surface area contributed by atoms with Crippen LogP contribution in [0.5, 0.6) is 0 Å². The van der Waals surface area contributed by atoms with E-state index in [4.69, 9.17) is 0 Å². The van der Waals surface area contributed by atoms with Crippen molar-refractivity contribution < 1.29 is 0 Å². The highest BCUT2D eigenvalue weighted by atomic mass is 15.3. The Balaban J connectivity index is 2.41. The molecule has 0 fully saturated rings. The third kappa shape index (κ3) is 3.94. The van der Waals surface area contributed by atoms with Crippen molar-refractivity contribution in [3.8, 4) is 0 Å². The maximum atomic E-state index is 4.49. The first kappa shape index (κ1) is 13.2. The SMILES string of the molecule is Cc1nn(C(C)C)cc1CNCCN(C)C. The number of aryl methyl sites for hydroxylation is 1. The van der Waals surface area contributed by atoms with Gasteiger partial charge in [-0.3, -0.25) is 4.68 Å².